The lowest BCUT2D eigenvalue weighted by Gasteiger charge is -2.57. The predicted octanol–water partition coefficient (Wildman–Crippen LogP) is 4.28. The maximum atomic E-state index is 11.0. The Kier molecular flexibility index (Phi) is 3.67. The molecular weight excluding hydrogens is 386 g/mol. The van der Waals surface area contributed by atoms with E-state index in [9.17, 15) is 5.11 Å². The Morgan fingerprint density at radius 3 is 2.45 bits per heavy atom. The number of hydrogen-bond acceptors (Lipinski definition) is 5. The van der Waals surface area contributed by atoms with Crippen molar-refractivity contribution < 1.29 is 5.11 Å². The van der Waals surface area contributed by atoms with E-state index in [4.69, 9.17) is 17.3 Å². The number of imidazole rings is 1. The zero-order valence-corrected chi connectivity index (χ0v) is 16.9. The second-order valence-electron chi connectivity index (χ2n) is 9.47. The molecule has 29 heavy (non-hydrogen) atoms. The van der Waals surface area contributed by atoms with Gasteiger partial charge >= 0.3 is 0 Å². The molecule has 4 saturated carbocycles. The van der Waals surface area contributed by atoms with Crippen molar-refractivity contribution in [1.29, 1.82) is 0 Å². The van der Waals surface area contributed by atoms with Gasteiger partial charge in [0.15, 0.2) is 10.8 Å². The summed E-state index contributed by atoms with van der Waals surface area (Å²) in [6.45, 7) is 0.540. The summed E-state index contributed by atoms with van der Waals surface area (Å²) in [6, 6.07) is 6.20. The average molecular weight is 410 g/mol. The van der Waals surface area contributed by atoms with Crippen LogP contribution >= 0.6 is 11.6 Å². The normalized spacial score (nSPS) is 30.3. The second-order valence-corrected chi connectivity index (χ2v) is 9.82. The van der Waals surface area contributed by atoms with E-state index >= 15 is 0 Å². The molecule has 0 radical (unpaired) electrons. The lowest BCUT2D eigenvalue weighted by molar-refractivity contribution is -0.00614. The largest absolute Gasteiger partial charge is 0.508 e. The van der Waals surface area contributed by atoms with Crippen LogP contribution in [0.2, 0.25) is 5.15 Å². The van der Waals surface area contributed by atoms with E-state index in [0.717, 1.165) is 28.9 Å². The van der Waals surface area contributed by atoms with Gasteiger partial charge in [-0.15, -0.1) is 0 Å². The number of hydrogen-bond donors (Lipinski definition) is 2. The topological polar surface area (TPSA) is 89.8 Å². The van der Waals surface area contributed by atoms with Crippen molar-refractivity contribution in [2.75, 3.05) is 5.73 Å². The third-order valence-corrected chi connectivity index (χ3v) is 7.73. The lowest BCUT2D eigenvalue weighted by Crippen LogP contribution is -2.48. The van der Waals surface area contributed by atoms with Gasteiger partial charge in [-0.3, -0.25) is 0 Å². The number of halogens is 1. The van der Waals surface area contributed by atoms with Crippen LogP contribution in [0.3, 0.4) is 0 Å². The van der Waals surface area contributed by atoms with Gasteiger partial charge in [-0.05, 0) is 73.3 Å². The minimum atomic E-state index is 0.129. The molecule has 0 unspecified atom stereocenters. The standard InChI is InChI=1S/C22H24ClN5O/c23-19-18-20(27-21(24)26-19)28(11-25-18)10-12-1-2-16(17(29)6-12)22-7-13-3-14(8-22)5-15(4-13)9-22/h1-2,6,11,13-15,29H,3-5,7-10H2,(H2,24,26,27). The maximum Gasteiger partial charge on any atom is 0.223 e. The molecule has 6 nitrogen and oxygen atoms in total. The molecule has 0 atom stereocenters. The highest BCUT2D eigenvalue weighted by molar-refractivity contribution is 6.33. The Morgan fingerprint density at radius 2 is 1.79 bits per heavy atom. The number of anilines is 1. The van der Waals surface area contributed by atoms with Gasteiger partial charge in [0.25, 0.3) is 0 Å². The predicted molar refractivity (Wildman–Crippen MR) is 112 cm³/mol. The number of nitrogen functional groups attached to an aromatic ring is 1. The first kappa shape index (κ1) is 17.5. The van der Waals surface area contributed by atoms with Gasteiger partial charge in [-0.25, -0.2) is 4.98 Å². The molecule has 4 aliphatic carbocycles. The number of aromatic nitrogens is 4. The highest BCUT2D eigenvalue weighted by Gasteiger charge is 2.52. The number of nitrogens with two attached hydrogens (primary N) is 1. The van der Waals surface area contributed by atoms with Crippen LogP contribution in [-0.4, -0.2) is 24.6 Å². The second kappa shape index (κ2) is 6.08. The van der Waals surface area contributed by atoms with Crippen LogP contribution in [0.5, 0.6) is 5.75 Å². The van der Waals surface area contributed by atoms with Gasteiger partial charge in [-0.1, -0.05) is 23.7 Å². The van der Waals surface area contributed by atoms with Crippen LogP contribution in [0.15, 0.2) is 24.5 Å². The molecule has 7 rings (SSSR count). The Balaban J connectivity index is 1.33. The summed E-state index contributed by atoms with van der Waals surface area (Å²) in [4.78, 5) is 12.5. The number of aromatic hydroxyl groups is 1. The van der Waals surface area contributed by atoms with Crippen LogP contribution in [0.25, 0.3) is 11.2 Å². The molecule has 4 bridgehead atoms. The smallest absolute Gasteiger partial charge is 0.223 e. The summed E-state index contributed by atoms with van der Waals surface area (Å²) >= 11 is 6.13. The van der Waals surface area contributed by atoms with Crippen molar-refractivity contribution in [1.82, 2.24) is 19.5 Å². The Bertz CT molecular complexity index is 1090. The van der Waals surface area contributed by atoms with Gasteiger partial charge < -0.3 is 15.4 Å². The molecule has 0 saturated heterocycles. The number of phenolic OH excluding ortho intramolecular Hbond substituents is 1. The summed E-state index contributed by atoms with van der Waals surface area (Å²) < 4.78 is 1.89. The van der Waals surface area contributed by atoms with Crippen molar-refractivity contribution in [2.24, 2.45) is 17.8 Å². The van der Waals surface area contributed by atoms with Crippen LogP contribution < -0.4 is 5.73 Å². The molecular formula is C22H24ClN5O. The molecule has 3 N–H and O–H groups in total. The average Bonchev–Trinajstić information content (AvgIpc) is 3.03. The van der Waals surface area contributed by atoms with E-state index < -0.39 is 0 Å². The molecule has 0 aliphatic heterocycles. The first-order valence-corrected chi connectivity index (χ1v) is 10.8. The molecule has 0 spiro atoms. The molecule has 1 aromatic carbocycles. The van der Waals surface area contributed by atoms with E-state index in [-0.39, 0.29) is 16.5 Å². The summed E-state index contributed by atoms with van der Waals surface area (Å²) in [5.41, 5.74) is 9.24. The summed E-state index contributed by atoms with van der Waals surface area (Å²) in [5, 5.41) is 11.2. The number of phenols is 1. The van der Waals surface area contributed by atoms with Crippen LogP contribution in [-0.2, 0) is 12.0 Å². The minimum Gasteiger partial charge on any atom is -0.508 e. The molecule has 150 valence electrons. The fraction of sp³-hybridized carbons (Fsp3) is 0.500. The molecule has 2 heterocycles. The van der Waals surface area contributed by atoms with Gasteiger partial charge in [0.2, 0.25) is 5.95 Å². The van der Waals surface area contributed by atoms with E-state index in [2.05, 4.69) is 27.1 Å². The van der Waals surface area contributed by atoms with Gasteiger partial charge in [0, 0.05) is 5.56 Å². The van der Waals surface area contributed by atoms with Crippen LogP contribution in [0.1, 0.15) is 49.7 Å². The lowest BCUT2D eigenvalue weighted by atomic mass is 9.48. The fourth-order valence-electron chi connectivity index (χ4n) is 6.80. The minimum absolute atomic E-state index is 0.129. The number of rotatable bonds is 3. The van der Waals surface area contributed by atoms with Gasteiger partial charge in [0.05, 0.1) is 12.9 Å². The molecule has 2 aromatic heterocycles. The zero-order valence-electron chi connectivity index (χ0n) is 16.2. The summed E-state index contributed by atoms with van der Waals surface area (Å²) in [7, 11) is 0. The monoisotopic (exact) mass is 409 g/mol. The first-order valence-electron chi connectivity index (χ1n) is 10.5. The maximum absolute atomic E-state index is 11.0. The van der Waals surface area contributed by atoms with Crippen molar-refractivity contribution >= 4 is 28.7 Å². The Labute approximate surface area is 174 Å². The molecule has 7 heteroatoms. The van der Waals surface area contributed by atoms with E-state index in [1.165, 1.54) is 38.5 Å². The van der Waals surface area contributed by atoms with Crippen LogP contribution in [0, 0.1) is 17.8 Å². The molecule has 0 amide bonds. The number of fused-ring (bicyclic) bond motifs is 1. The fourth-order valence-corrected chi connectivity index (χ4v) is 7.02. The van der Waals surface area contributed by atoms with Crippen molar-refractivity contribution in [2.45, 2.75) is 50.5 Å². The van der Waals surface area contributed by atoms with E-state index in [1.807, 2.05) is 10.6 Å². The van der Waals surface area contributed by atoms with Gasteiger partial charge in [-0.2, -0.15) is 9.97 Å². The first-order chi connectivity index (χ1) is 14.0. The van der Waals surface area contributed by atoms with Gasteiger partial charge in [0.1, 0.15) is 11.3 Å². The highest BCUT2D eigenvalue weighted by atomic mass is 35.5. The van der Waals surface area contributed by atoms with Crippen molar-refractivity contribution in [3.8, 4) is 5.75 Å². The van der Waals surface area contributed by atoms with Crippen LogP contribution in [0.4, 0.5) is 5.95 Å². The van der Waals surface area contributed by atoms with Crippen molar-refractivity contribution in [3.63, 3.8) is 0 Å². The summed E-state index contributed by atoms with van der Waals surface area (Å²) in [6.07, 6.45) is 9.62. The SMILES string of the molecule is Nc1nc(Cl)c2ncn(Cc3ccc(C45CC6CC(CC(C6)C4)C5)c(O)c3)c2n1. The Hall–Kier alpha value is -2.34. The third-order valence-electron chi connectivity index (χ3n) is 7.46. The molecule has 4 fully saturated rings. The van der Waals surface area contributed by atoms with Crippen molar-refractivity contribution in [3.05, 3.63) is 40.8 Å². The molecule has 3 aromatic rings. The van der Waals surface area contributed by atoms with E-state index in [1.54, 1.807) is 6.33 Å². The zero-order chi connectivity index (χ0) is 19.8. The quantitative estimate of drug-likeness (QED) is 0.630. The molecule has 4 aliphatic rings. The highest BCUT2D eigenvalue weighted by Crippen LogP contribution is 2.61. The third kappa shape index (κ3) is 2.72. The Morgan fingerprint density at radius 1 is 1.10 bits per heavy atom. The summed E-state index contributed by atoms with van der Waals surface area (Å²) in [5.74, 6) is 3.12. The number of benzene rings is 1. The number of nitrogens with zero attached hydrogens (tertiary/aromatic N) is 4. The van der Waals surface area contributed by atoms with E-state index in [0.29, 0.717) is 23.5 Å².